The Kier molecular flexibility index (Phi) is 7.09. The van der Waals surface area contributed by atoms with E-state index in [9.17, 15) is 9.59 Å². The van der Waals surface area contributed by atoms with Gasteiger partial charge in [0, 0.05) is 11.0 Å². The Morgan fingerprint density at radius 3 is 2.46 bits per heavy atom. The van der Waals surface area contributed by atoms with Crippen molar-refractivity contribution in [3.05, 3.63) is 53.1 Å². The Hall–Kier alpha value is -2.47. The largest absolute Gasteiger partial charge is 0.497 e. The number of Topliss-reactive ketones (excluding diaryl/α,β-unsaturated/α-hetero) is 1. The first-order valence-electron chi connectivity index (χ1n) is 8.05. The number of hydrogen-bond acceptors (Lipinski definition) is 6. The molecule has 0 N–H and O–H groups in total. The van der Waals surface area contributed by atoms with Crippen molar-refractivity contribution in [1.29, 1.82) is 0 Å². The first-order valence-corrected chi connectivity index (χ1v) is 9.04. The molecule has 0 aliphatic carbocycles. The lowest BCUT2D eigenvalue weighted by Gasteiger charge is -2.10. The zero-order valence-electron chi connectivity index (χ0n) is 15.3. The van der Waals surface area contributed by atoms with E-state index in [0.29, 0.717) is 17.1 Å². The average molecular weight is 374 g/mol. The molecule has 0 aliphatic rings. The summed E-state index contributed by atoms with van der Waals surface area (Å²) in [5.74, 6) is 0.360. The number of rotatable bonds is 8. The molecule has 0 amide bonds. The maximum Gasteiger partial charge on any atom is 0.316 e. The number of carbonyl (C=O) groups excluding carboxylic acids is 2. The first kappa shape index (κ1) is 19.8. The third-order valence-corrected chi connectivity index (χ3v) is 4.89. The fourth-order valence-electron chi connectivity index (χ4n) is 2.29. The van der Waals surface area contributed by atoms with E-state index in [0.717, 1.165) is 16.0 Å². The molecular formula is C20H22O5S. The van der Waals surface area contributed by atoms with Crippen molar-refractivity contribution in [3.63, 3.8) is 0 Å². The molecule has 26 heavy (non-hydrogen) atoms. The summed E-state index contributed by atoms with van der Waals surface area (Å²) in [4.78, 5) is 25.3. The van der Waals surface area contributed by atoms with E-state index in [1.54, 1.807) is 18.2 Å². The molecule has 0 radical (unpaired) electrons. The van der Waals surface area contributed by atoms with E-state index in [4.69, 9.17) is 14.2 Å². The number of carbonyl (C=O) groups is 2. The summed E-state index contributed by atoms with van der Waals surface area (Å²) in [5.41, 5.74) is 2.59. The van der Waals surface area contributed by atoms with Crippen LogP contribution in [0.3, 0.4) is 0 Å². The SMILES string of the molecule is COc1ccc(C(=O)COC(=O)CSc2cc(C)ccc2C)c(OC)c1. The Balaban J connectivity index is 1.91. The lowest BCUT2D eigenvalue weighted by Crippen LogP contribution is -2.16. The van der Waals surface area contributed by atoms with Gasteiger partial charge in [0.05, 0.1) is 25.5 Å². The van der Waals surface area contributed by atoms with Crippen LogP contribution in [0.25, 0.3) is 0 Å². The normalized spacial score (nSPS) is 10.3. The van der Waals surface area contributed by atoms with Gasteiger partial charge in [-0.1, -0.05) is 17.7 Å². The average Bonchev–Trinajstić information content (AvgIpc) is 2.66. The minimum atomic E-state index is -0.434. The molecule has 0 atom stereocenters. The smallest absolute Gasteiger partial charge is 0.316 e. The van der Waals surface area contributed by atoms with Crippen LogP contribution in [0.2, 0.25) is 0 Å². The van der Waals surface area contributed by atoms with Crippen LogP contribution in [-0.2, 0) is 9.53 Å². The summed E-state index contributed by atoms with van der Waals surface area (Å²) in [7, 11) is 3.00. The molecule has 0 aromatic heterocycles. The van der Waals surface area contributed by atoms with Crippen molar-refractivity contribution >= 4 is 23.5 Å². The molecule has 138 valence electrons. The van der Waals surface area contributed by atoms with Gasteiger partial charge in [-0.25, -0.2) is 0 Å². The van der Waals surface area contributed by atoms with Crippen LogP contribution in [-0.4, -0.2) is 38.3 Å². The molecule has 0 spiro atoms. The van der Waals surface area contributed by atoms with Crippen LogP contribution < -0.4 is 9.47 Å². The predicted molar refractivity (Wildman–Crippen MR) is 101 cm³/mol. The number of benzene rings is 2. The molecule has 0 fully saturated rings. The molecule has 2 aromatic rings. The quantitative estimate of drug-likeness (QED) is 0.397. The lowest BCUT2D eigenvalue weighted by molar-refractivity contribution is -0.139. The zero-order chi connectivity index (χ0) is 19.1. The number of ketones is 1. The maximum atomic E-state index is 12.3. The lowest BCUT2D eigenvalue weighted by atomic mass is 10.1. The van der Waals surface area contributed by atoms with E-state index in [-0.39, 0.29) is 18.1 Å². The van der Waals surface area contributed by atoms with E-state index < -0.39 is 5.97 Å². The van der Waals surface area contributed by atoms with Gasteiger partial charge in [-0.3, -0.25) is 9.59 Å². The van der Waals surface area contributed by atoms with Crippen LogP contribution in [0.15, 0.2) is 41.3 Å². The van der Waals surface area contributed by atoms with Crippen LogP contribution in [0.5, 0.6) is 11.5 Å². The number of thioether (sulfide) groups is 1. The molecule has 2 aromatic carbocycles. The fourth-order valence-corrected chi connectivity index (χ4v) is 3.22. The van der Waals surface area contributed by atoms with Crippen molar-refractivity contribution in [2.24, 2.45) is 0 Å². The van der Waals surface area contributed by atoms with Gasteiger partial charge in [0.2, 0.25) is 5.78 Å². The fraction of sp³-hybridized carbons (Fsp3) is 0.300. The molecule has 0 bridgehead atoms. The number of ether oxygens (including phenoxy) is 3. The summed E-state index contributed by atoms with van der Waals surface area (Å²) in [5, 5.41) is 0. The number of hydrogen-bond donors (Lipinski definition) is 0. The predicted octanol–water partition coefficient (Wildman–Crippen LogP) is 3.84. The Labute approximate surface area is 157 Å². The van der Waals surface area contributed by atoms with E-state index in [2.05, 4.69) is 0 Å². The minimum absolute atomic E-state index is 0.150. The van der Waals surface area contributed by atoms with Crippen LogP contribution in [0.1, 0.15) is 21.5 Å². The summed E-state index contributed by atoms with van der Waals surface area (Å²) >= 11 is 1.40. The second-order valence-electron chi connectivity index (χ2n) is 5.71. The zero-order valence-corrected chi connectivity index (χ0v) is 16.1. The van der Waals surface area contributed by atoms with E-state index >= 15 is 0 Å². The molecule has 0 heterocycles. The molecule has 0 saturated heterocycles. The first-order chi connectivity index (χ1) is 12.4. The summed E-state index contributed by atoms with van der Waals surface area (Å²) in [6, 6.07) is 10.9. The number of methoxy groups -OCH3 is 2. The summed E-state index contributed by atoms with van der Waals surface area (Å²) < 4.78 is 15.4. The summed E-state index contributed by atoms with van der Waals surface area (Å²) in [6.45, 7) is 3.67. The molecule has 0 saturated carbocycles. The van der Waals surface area contributed by atoms with Crippen LogP contribution in [0, 0.1) is 13.8 Å². The third-order valence-electron chi connectivity index (χ3n) is 3.76. The highest BCUT2D eigenvalue weighted by Gasteiger charge is 2.16. The van der Waals surface area contributed by atoms with Crippen molar-refractivity contribution in [2.45, 2.75) is 18.7 Å². The molecule has 2 rings (SSSR count). The van der Waals surface area contributed by atoms with Gasteiger partial charge in [-0.05, 0) is 37.6 Å². The Bertz CT molecular complexity index is 801. The van der Waals surface area contributed by atoms with Crippen LogP contribution in [0.4, 0.5) is 0 Å². The van der Waals surface area contributed by atoms with Gasteiger partial charge in [-0.2, -0.15) is 0 Å². The summed E-state index contributed by atoms with van der Waals surface area (Å²) in [6.07, 6.45) is 0. The highest BCUT2D eigenvalue weighted by atomic mass is 32.2. The van der Waals surface area contributed by atoms with E-state index in [1.165, 1.54) is 26.0 Å². The van der Waals surface area contributed by atoms with Gasteiger partial charge in [0.1, 0.15) is 11.5 Å². The van der Waals surface area contributed by atoms with Gasteiger partial charge in [-0.15, -0.1) is 11.8 Å². The highest BCUT2D eigenvalue weighted by molar-refractivity contribution is 8.00. The molecule has 0 aliphatic heterocycles. The number of aryl methyl sites for hydroxylation is 2. The molecule has 6 heteroatoms. The highest BCUT2D eigenvalue weighted by Crippen LogP contribution is 2.26. The Morgan fingerprint density at radius 2 is 1.77 bits per heavy atom. The third kappa shape index (κ3) is 5.26. The van der Waals surface area contributed by atoms with Gasteiger partial charge >= 0.3 is 5.97 Å². The van der Waals surface area contributed by atoms with Gasteiger partial charge < -0.3 is 14.2 Å². The second-order valence-corrected chi connectivity index (χ2v) is 6.72. The van der Waals surface area contributed by atoms with E-state index in [1.807, 2.05) is 32.0 Å². The van der Waals surface area contributed by atoms with Gasteiger partial charge in [0.15, 0.2) is 6.61 Å². The van der Waals surface area contributed by atoms with Crippen LogP contribution >= 0.6 is 11.8 Å². The van der Waals surface area contributed by atoms with Gasteiger partial charge in [0.25, 0.3) is 0 Å². The Morgan fingerprint density at radius 1 is 1.00 bits per heavy atom. The molecule has 5 nitrogen and oxygen atoms in total. The number of esters is 1. The van der Waals surface area contributed by atoms with Crippen molar-refractivity contribution in [1.82, 2.24) is 0 Å². The van der Waals surface area contributed by atoms with Crippen molar-refractivity contribution in [3.8, 4) is 11.5 Å². The molecular weight excluding hydrogens is 352 g/mol. The monoisotopic (exact) mass is 374 g/mol. The minimum Gasteiger partial charge on any atom is -0.497 e. The topological polar surface area (TPSA) is 61.8 Å². The standard InChI is InChI=1S/C20H22O5S/c1-13-5-6-14(2)19(9-13)26-12-20(22)25-11-17(21)16-8-7-15(23-3)10-18(16)24-4/h5-10H,11-12H2,1-4H3. The van der Waals surface area contributed by atoms with Crippen molar-refractivity contribution < 1.29 is 23.8 Å². The molecule has 0 unspecified atom stereocenters. The maximum absolute atomic E-state index is 12.3. The second kappa shape index (κ2) is 9.29. The van der Waals surface area contributed by atoms with Crippen molar-refractivity contribution in [2.75, 3.05) is 26.6 Å².